The van der Waals surface area contributed by atoms with Crippen LogP contribution in [0.15, 0.2) is 0 Å². The van der Waals surface area contributed by atoms with Crippen molar-refractivity contribution in [1.82, 2.24) is 0 Å². The first-order valence-corrected chi connectivity index (χ1v) is 4.14. The summed E-state index contributed by atoms with van der Waals surface area (Å²) in [6.45, 7) is 0. The lowest BCUT2D eigenvalue weighted by atomic mass is 10.1. The van der Waals surface area contributed by atoms with E-state index in [0.717, 1.165) is 0 Å². The van der Waals surface area contributed by atoms with Crippen molar-refractivity contribution in [2.45, 2.75) is 24.7 Å². The van der Waals surface area contributed by atoms with Gasteiger partial charge in [0.1, 0.15) is 5.41 Å². The Morgan fingerprint density at radius 1 is 1.75 bits per heavy atom. The largest absolute Gasteiger partial charge is 0.469 e. The van der Waals surface area contributed by atoms with Gasteiger partial charge in [-0.05, 0) is 6.42 Å². The number of esters is 1. The second-order valence-electron chi connectivity index (χ2n) is 3.85. The van der Waals surface area contributed by atoms with Gasteiger partial charge in [-0.1, -0.05) is 0 Å². The van der Waals surface area contributed by atoms with Crippen molar-refractivity contribution in [3.63, 3.8) is 0 Å². The topological polar surface area (TPSA) is 55.8 Å². The van der Waals surface area contributed by atoms with E-state index in [1.165, 1.54) is 7.11 Å². The Morgan fingerprint density at radius 3 is 2.83 bits per heavy atom. The van der Waals surface area contributed by atoms with Crippen molar-refractivity contribution >= 4 is 5.97 Å². The summed E-state index contributed by atoms with van der Waals surface area (Å²) in [7, 11) is 1.38. The molecule has 12 heavy (non-hydrogen) atoms. The van der Waals surface area contributed by atoms with Crippen molar-refractivity contribution in [3.05, 3.63) is 0 Å². The van der Waals surface area contributed by atoms with Crippen LogP contribution in [0.1, 0.15) is 6.42 Å². The van der Waals surface area contributed by atoms with Crippen LogP contribution in [0.4, 0.5) is 0 Å². The number of methoxy groups -OCH3 is 1. The molecule has 0 spiro atoms. The lowest BCUT2D eigenvalue weighted by Gasteiger charge is -2.05. The maximum Gasteiger partial charge on any atom is 0.315 e. The fourth-order valence-corrected chi connectivity index (χ4v) is 2.90. The summed E-state index contributed by atoms with van der Waals surface area (Å²) in [5, 5.41) is 9.53. The van der Waals surface area contributed by atoms with Gasteiger partial charge in [0.05, 0.1) is 25.4 Å². The standard InChI is InChI=1S/C8H10O4/c1-11-7(10)8-2-3-5(9)4(8)6(8)12-3/h3-6,9H,2H2,1H3/t3-,4?,5-,6-,8?/m1/s1. The number of hydrogen-bond donors (Lipinski definition) is 1. The highest BCUT2D eigenvalue weighted by Crippen LogP contribution is 2.72. The smallest absolute Gasteiger partial charge is 0.315 e. The van der Waals surface area contributed by atoms with E-state index < -0.39 is 11.5 Å². The monoisotopic (exact) mass is 170 g/mol. The van der Waals surface area contributed by atoms with E-state index in [4.69, 9.17) is 9.47 Å². The molecule has 2 saturated carbocycles. The van der Waals surface area contributed by atoms with Gasteiger partial charge >= 0.3 is 5.97 Å². The van der Waals surface area contributed by atoms with E-state index >= 15 is 0 Å². The SMILES string of the molecule is COC(=O)C12C[C@H]3O[C@@H]1C2[C@@H]3O. The maximum atomic E-state index is 11.3. The quantitative estimate of drug-likeness (QED) is 0.529. The highest BCUT2D eigenvalue weighted by atomic mass is 16.6. The van der Waals surface area contributed by atoms with Crippen molar-refractivity contribution in [3.8, 4) is 0 Å². The van der Waals surface area contributed by atoms with E-state index in [9.17, 15) is 9.90 Å². The number of carbonyl (C=O) groups is 1. The molecular formula is C8H10O4. The minimum absolute atomic E-state index is 0.0231. The van der Waals surface area contributed by atoms with Gasteiger partial charge in [0.15, 0.2) is 0 Å². The first kappa shape index (κ1) is 6.86. The Labute approximate surface area is 69.5 Å². The Kier molecular flexibility index (Phi) is 0.957. The molecular weight excluding hydrogens is 160 g/mol. The van der Waals surface area contributed by atoms with E-state index in [1.54, 1.807) is 0 Å². The minimum Gasteiger partial charge on any atom is -0.469 e. The highest BCUT2D eigenvalue weighted by molar-refractivity contribution is 5.84. The summed E-state index contributed by atoms with van der Waals surface area (Å²) in [6.07, 6.45) is 0.0500. The Balaban J connectivity index is 1.96. The van der Waals surface area contributed by atoms with E-state index in [-0.39, 0.29) is 24.1 Å². The summed E-state index contributed by atoms with van der Waals surface area (Å²) < 4.78 is 10.1. The van der Waals surface area contributed by atoms with Crippen molar-refractivity contribution in [2.24, 2.45) is 11.3 Å². The third-order valence-electron chi connectivity index (χ3n) is 3.49. The molecule has 4 fully saturated rings. The number of ether oxygens (including phenoxy) is 2. The molecule has 2 aliphatic carbocycles. The third-order valence-corrected chi connectivity index (χ3v) is 3.49. The van der Waals surface area contributed by atoms with Crippen LogP contribution in [0.5, 0.6) is 0 Å². The van der Waals surface area contributed by atoms with Crippen LogP contribution in [0, 0.1) is 11.3 Å². The summed E-state index contributed by atoms with van der Waals surface area (Å²) in [4.78, 5) is 11.3. The molecule has 4 bridgehead atoms. The first-order valence-electron chi connectivity index (χ1n) is 4.14. The zero-order chi connectivity index (χ0) is 8.51. The molecule has 0 radical (unpaired) electrons. The van der Waals surface area contributed by atoms with Gasteiger partial charge in [0, 0.05) is 5.92 Å². The average molecular weight is 170 g/mol. The second-order valence-corrected chi connectivity index (χ2v) is 3.85. The third kappa shape index (κ3) is 0.448. The van der Waals surface area contributed by atoms with Crippen LogP contribution in [0.25, 0.3) is 0 Å². The van der Waals surface area contributed by atoms with Crippen LogP contribution in [-0.2, 0) is 14.3 Å². The summed E-state index contributed by atoms with van der Waals surface area (Å²) in [6, 6.07) is 0. The Bertz CT molecular complexity index is 264. The molecule has 4 heteroatoms. The predicted molar refractivity (Wildman–Crippen MR) is 37.2 cm³/mol. The van der Waals surface area contributed by atoms with Crippen LogP contribution < -0.4 is 0 Å². The van der Waals surface area contributed by atoms with E-state index in [0.29, 0.717) is 6.42 Å². The number of hydrogen-bond acceptors (Lipinski definition) is 4. The Hall–Kier alpha value is -0.610. The molecule has 66 valence electrons. The van der Waals surface area contributed by atoms with Crippen LogP contribution in [-0.4, -0.2) is 36.5 Å². The number of aliphatic hydroxyl groups is 1. The van der Waals surface area contributed by atoms with Crippen molar-refractivity contribution in [1.29, 1.82) is 0 Å². The molecule has 2 aliphatic heterocycles. The van der Waals surface area contributed by atoms with E-state index in [2.05, 4.69) is 0 Å². The second kappa shape index (κ2) is 1.67. The van der Waals surface area contributed by atoms with Gasteiger partial charge < -0.3 is 14.6 Å². The summed E-state index contributed by atoms with van der Waals surface area (Å²) in [5.74, 6) is -0.188. The molecule has 4 rings (SSSR count). The van der Waals surface area contributed by atoms with E-state index in [1.807, 2.05) is 0 Å². The van der Waals surface area contributed by atoms with Gasteiger partial charge in [-0.25, -0.2) is 0 Å². The minimum atomic E-state index is -0.459. The normalized spacial score (nSPS) is 58.8. The van der Waals surface area contributed by atoms with Crippen LogP contribution in [0.3, 0.4) is 0 Å². The number of carbonyl (C=O) groups excluding carboxylic acids is 1. The molecule has 0 aromatic heterocycles. The molecule has 1 N–H and O–H groups in total. The molecule has 0 aromatic carbocycles. The summed E-state index contributed by atoms with van der Waals surface area (Å²) in [5.41, 5.74) is -0.459. The van der Waals surface area contributed by atoms with Gasteiger partial charge in [-0.15, -0.1) is 0 Å². The first-order chi connectivity index (χ1) is 5.71. The number of rotatable bonds is 1. The predicted octanol–water partition coefficient (Wildman–Crippen LogP) is -0.692. The lowest BCUT2D eigenvalue weighted by Crippen LogP contribution is -2.19. The molecule has 4 nitrogen and oxygen atoms in total. The highest BCUT2D eigenvalue weighted by Gasteiger charge is 2.85. The molecule has 2 heterocycles. The van der Waals surface area contributed by atoms with Crippen molar-refractivity contribution in [2.75, 3.05) is 7.11 Å². The van der Waals surface area contributed by atoms with Gasteiger partial charge in [-0.2, -0.15) is 0 Å². The fourth-order valence-electron chi connectivity index (χ4n) is 2.90. The van der Waals surface area contributed by atoms with Crippen molar-refractivity contribution < 1.29 is 19.4 Å². The number of aliphatic hydroxyl groups excluding tert-OH is 1. The zero-order valence-electron chi connectivity index (χ0n) is 6.69. The molecule has 4 aliphatic rings. The Morgan fingerprint density at radius 2 is 2.50 bits per heavy atom. The van der Waals surface area contributed by atoms with Gasteiger partial charge in [-0.3, -0.25) is 4.79 Å². The fraction of sp³-hybridized carbons (Fsp3) is 0.875. The van der Waals surface area contributed by atoms with Crippen LogP contribution in [0.2, 0.25) is 0 Å². The maximum absolute atomic E-state index is 11.3. The molecule has 0 amide bonds. The molecule has 2 saturated heterocycles. The lowest BCUT2D eigenvalue weighted by molar-refractivity contribution is -0.147. The van der Waals surface area contributed by atoms with Gasteiger partial charge in [0.25, 0.3) is 0 Å². The van der Waals surface area contributed by atoms with Crippen LogP contribution >= 0.6 is 0 Å². The van der Waals surface area contributed by atoms with Gasteiger partial charge in [0.2, 0.25) is 0 Å². The average Bonchev–Trinajstić information content (AvgIpc) is 2.44. The molecule has 2 unspecified atom stereocenters. The molecule has 5 atom stereocenters. The molecule has 0 aromatic rings. The zero-order valence-corrected chi connectivity index (χ0v) is 6.69. The summed E-state index contributed by atoms with van der Waals surface area (Å²) >= 11 is 0.